The molecule has 2 unspecified atom stereocenters. The molecule has 1 aromatic rings. The number of aliphatic hydroxyl groups is 1. The highest BCUT2D eigenvalue weighted by Gasteiger charge is 2.34. The number of aliphatic hydroxyl groups excluding tert-OH is 1. The van der Waals surface area contributed by atoms with Gasteiger partial charge in [-0.2, -0.15) is 0 Å². The standard InChI is InChI=1S/C13H18O4S/c1-2-17-13(15)11-8-16-6-5-10(11)12-4-3-9(7-14)18-12/h3-4,10-11,14H,2,5-8H2,1H3. The van der Waals surface area contributed by atoms with Crippen LogP contribution in [0.5, 0.6) is 0 Å². The average molecular weight is 270 g/mol. The summed E-state index contributed by atoms with van der Waals surface area (Å²) in [4.78, 5) is 14.0. The van der Waals surface area contributed by atoms with Crippen LogP contribution in [0.4, 0.5) is 0 Å². The van der Waals surface area contributed by atoms with Gasteiger partial charge in [0.25, 0.3) is 0 Å². The molecule has 5 heteroatoms. The number of hydrogen-bond donors (Lipinski definition) is 1. The Kier molecular flexibility index (Phi) is 4.74. The van der Waals surface area contributed by atoms with Crippen LogP contribution in [0.2, 0.25) is 0 Å². The first-order valence-corrected chi connectivity index (χ1v) is 7.01. The summed E-state index contributed by atoms with van der Waals surface area (Å²) in [5.41, 5.74) is 0. The van der Waals surface area contributed by atoms with Gasteiger partial charge in [-0.05, 0) is 25.5 Å². The number of hydrogen-bond acceptors (Lipinski definition) is 5. The van der Waals surface area contributed by atoms with Crippen LogP contribution in [0, 0.1) is 5.92 Å². The Morgan fingerprint density at radius 1 is 1.61 bits per heavy atom. The molecule has 0 bridgehead atoms. The van der Waals surface area contributed by atoms with Crippen molar-refractivity contribution in [3.05, 3.63) is 21.9 Å². The SMILES string of the molecule is CCOC(=O)C1COCCC1c1ccc(CO)s1. The lowest BCUT2D eigenvalue weighted by atomic mass is 9.87. The van der Waals surface area contributed by atoms with Gasteiger partial charge in [-0.15, -0.1) is 11.3 Å². The smallest absolute Gasteiger partial charge is 0.311 e. The zero-order valence-electron chi connectivity index (χ0n) is 10.4. The maximum absolute atomic E-state index is 11.9. The Balaban J connectivity index is 2.14. The fourth-order valence-electron chi connectivity index (χ4n) is 2.24. The summed E-state index contributed by atoms with van der Waals surface area (Å²) in [5, 5.41) is 9.10. The molecule has 1 fully saturated rings. The monoisotopic (exact) mass is 270 g/mol. The van der Waals surface area contributed by atoms with E-state index in [1.807, 2.05) is 19.1 Å². The highest BCUT2D eigenvalue weighted by atomic mass is 32.1. The first kappa shape index (κ1) is 13.5. The van der Waals surface area contributed by atoms with Crippen molar-refractivity contribution >= 4 is 17.3 Å². The predicted molar refractivity (Wildman–Crippen MR) is 68.5 cm³/mol. The minimum absolute atomic E-state index is 0.0535. The maximum atomic E-state index is 11.9. The first-order valence-electron chi connectivity index (χ1n) is 6.20. The molecule has 1 aliphatic heterocycles. The van der Waals surface area contributed by atoms with Crippen LogP contribution < -0.4 is 0 Å². The summed E-state index contributed by atoms with van der Waals surface area (Å²) in [6.45, 7) is 3.36. The van der Waals surface area contributed by atoms with E-state index >= 15 is 0 Å². The number of ether oxygens (including phenoxy) is 2. The second kappa shape index (κ2) is 6.31. The number of carbonyl (C=O) groups is 1. The molecule has 4 nitrogen and oxygen atoms in total. The van der Waals surface area contributed by atoms with Crippen LogP contribution >= 0.6 is 11.3 Å². The molecule has 0 saturated carbocycles. The van der Waals surface area contributed by atoms with E-state index in [0.717, 1.165) is 16.2 Å². The summed E-state index contributed by atoms with van der Waals surface area (Å²) < 4.78 is 10.5. The first-order chi connectivity index (χ1) is 8.76. The molecule has 2 atom stereocenters. The minimum Gasteiger partial charge on any atom is -0.466 e. The van der Waals surface area contributed by atoms with E-state index in [1.54, 1.807) is 11.3 Å². The van der Waals surface area contributed by atoms with Crippen LogP contribution in [0.15, 0.2) is 12.1 Å². The third-order valence-electron chi connectivity index (χ3n) is 3.15. The van der Waals surface area contributed by atoms with E-state index < -0.39 is 0 Å². The number of esters is 1. The maximum Gasteiger partial charge on any atom is 0.311 e. The lowest BCUT2D eigenvalue weighted by Gasteiger charge is -2.29. The lowest BCUT2D eigenvalue weighted by molar-refractivity contribution is -0.153. The van der Waals surface area contributed by atoms with Crippen molar-refractivity contribution in [2.45, 2.75) is 25.9 Å². The van der Waals surface area contributed by atoms with Crippen LogP contribution in [-0.4, -0.2) is 30.9 Å². The second-order valence-electron chi connectivity index (χ2n) is 4.29. The molecule has 1 aromatic heterocycles. The molecule has 0 aromatic carbocycles. The largest absolute Gasteiger partial charge is 0.466 e. The van der Waals surface area contributed by atoms with Gasteiger partial charge >= 0.3 is 5.97 Å². The van der Waals surface area contributed by atoms with Gasteiger partial charge in [0.05, 0.1) is 25.7 Å². The van der Waals surface area contributed by atoms with Crippen molar-refractivity contribution in [2.75, 3.05) is 19.8 Å². The van der Waals surface area contributed by atoms with Crippen molar-refractivity contribution in [1.82, 2.24) is 0 Å². The van der Waals surface area contributed by atoms with Crippen LogP contribution in [0.25, 0.3) is 0 Å². The second-order valence-corrected chi connectivity index (χ2v) is 5.49. The Morgan fingerprint density at radius 2 is 2.44 bits per heavy atom. The molecular formula is C13H18O4S. The molecule has 0 radical (unpaired) electrons. The molecule has 100 valence electrons. The Hall–Kier alpha value is -0.910. The quantitative estimate of drug-likeness (QED) is 0.849. The van der Waals surface area contributed by atoms with E-state index in [0.29, 0.717) is 19.8 Å². The van der Waals surface area contributed by atoms with Gasteiger partial charge in [-0.25, -0.2) is 0 Å². The molecule has 0 spiro atoms. The number of carbonyl (C=O) groups excluding carboxylic acids is 1. The number of rotatable bonds is 4. The highest BCUT2D eigenvalue weighted by molar-refractivity contribution is 7.12. The summed E-state index contributed by atoms with van der Waals surface area (Å²) in [5.74, 6) is -0.242. The van der Waals surface area contributed by atoms with Gasteiger partial charge in [-0.3, -0.25) is 4.79 Å². The summed E-state index contributed by atoms with van der Waals surface area (Å²) >= 11 is 1.57. The molecule has 0 amide bonds. The van der Waals surface area contributed by atoms with Crippen molar-refractivity contribution in [3.8, 4) is 0 Å². The fourth-order valence-corrected chi connectivity index (χ4v) is 3.31. The van der Waals surface area contributed by atoms with Crippen LogP contribution in [0.3, 0.4) is 0 Å². The van der Waals surface area contributed by atoms with E-state index in [-0.39, 0.29) is 24.4 Å². The minimum atomic E-state index is -0.219. The Labute approximate surface area is 111 Å². The van der Waals surface area contributed by atoms with Gasteiger partial charge in [0.2, 0.25) is 0 Å². The topological polar surface area (TPSA) is 55.8 Å². The Bertz CT molecular complexity index is 401. The van der Waals surface area contributed by atoms with Gasteiger partial charge in [0, 0.05) is 22.3 Å². The van der Waals surface area contributed by atoms with Crippen LogP contribution in [0.1, 0.15) is 29.0 Å². The highest BCUT2D eigenvalue weighted by Crippen LogP contribution is 2.36. The van der Waals surface area contributed by atoms with Gasteiger partial charge < -0.3 is 14.6 Å². The molecule has 1 aliphatic rings. The Morgan fingerprint density at radius 3 is 3.11 bits per heavy atom. The summed E-state index contributed by atoms with van der Waals surface area (Å²) in [6, 6.07) is 3.91. The van der Waals surface area contributed by atoms with E-state index in [4.69, 9.17) is 14.6 Å². The van der Waals surface area contributed by atoms with Crippen molar-refractivity contribution in [2.24, 2.45) is 5.92 Å². The zero-order chi connectivity index (χ0) is 13.0. The normalized spacial score (nSPS) is 23.9. The zero-order valence-corrected chi connectivity index (χ0v) is 11.2. The van der Waals surface area contributed by atoms with Crippen molar-refractivity contribution in [1.29, 1.82) is 0 Å². The molecule has 1 N–H and O–H groups in total. The van der Waals surface area contributed by atoms with E-state index in [9.17, 15) is 4.79 Å². The predicted octanol–water partition coefficient (Wildman–Crippen LogP) is 1.92. The van der Waals surface area contributed by atoms with Crippen molar-refractivity contribution in [3.63, 3.8) is 0 Å². The molecule has 1 saturated heterocycles. The molecule has 0 aliphatic carbocycles. The third kappa shape index (κ3) is 2.91. The summed E-state index contributed by atoms with van der Waals surface area (Å²) in [6.07, 6.45) is 0.828. The summed E-state index contributed by atoms with van der Waals surface area (Å²) in [7, 11) is 0. The molecular weight excluding hydrogens is 252 g/mol. The lowest BCUT2D eigenvalue weighted by Crippen LogP contribution is -2.33. The van der Waals surface area contributed by atoms with Gasteiger partial charge in [0.15, 0.2) is 0 Å². The average Bonchev–Trinajstić information content (AvgIpc) is 2.87. The van der Waals surface area contributed by atoms with E-state index in [1.165, 1.54) is 0 Å². The fraction of sp³-hybridized carbons (Fsp3) is 0.615. The van der Waals surface area contributed by atoms with Gasteiger partial charge in [0.1, 0.15) is 0 Å². The van der Waals surface area contributed by atoms with Crippen molar-refractivity contribution < 1.29 is 19.4 Å². The van der Waals surface area contributed by atoms with E-state index in [2.05, 4.69) is 0 Å². The molecule has 2 rings (SSSR count). The third-order valence-corrected chi connectivity index (χ3v) is 4.35. The molecule has 2 heterocycles. The van der Waals surface area contributed by atoms with Gasteiger partial charge in [-0.1, -0.05) is 0 Å². The number of thiophene rings is 1. The van der Waals surface area contributed by atoms with Crippen LogP contribution in [-0.2, 0) is 20.9 Å². The molecule has 18 heavy (non-hydrogen) atoms.